The molecule has 0 saturated carbocycles. The zero-order valence-corrected chi connectivity index (χ0v) is 8.91. The van der Waals surface area contributed by atoms with E-state index in [-0.39, 0.29) is 10.6 Å². The molecule has 0 radical (unpaired) electrons. The number of benzene rings is 1. The van der Waals surface area contributed by atoms with Gasteiger partial charge in [0.2, 0.25) is 0 Å². The third kappa shape index (κ3) is 1.90. The highest BCUT2D eigenvalue weighted by Crippen LogP contribution is 2.31. The first-order valence-corrected chi connectivity index (χ1v) is 5.34. The lowest BCUT2D eigenvalue weighted by Gasteiger charge is -2.17. The Morgan fingerprint density at radius 2 is 2.33 bits per heavy atom. The van der Waals surface area contributed by atoms with Crippen molar-refractivity contribution in [2.24, 2.45) is 0 Å². The van der Waals surface area contributed by atoms with Crippen LogP contribution >= 0.6 is 11.6 Å². The van der Waals surface area contributed by atoms with Crippen LogP contribution in [0.4, 0.5) is 11.4 Å². The molecule has 1 aromatic carbocycles. The second-order valence-corrected chi connectivity index (χ2v) is 3.87. The average molecular weight is 227 g/mol. The molecular weight excluding hydrogens is 216 g/mol. The van der Waals surface area contributed by atoms with Gasteiger partial charge in [-0.3, -0.25) is 10.1 Å². The number of non-ortho nitro benzene ring substituents is 1. The lowest BCUT2D eigenvalue weighted by atomic mass is 10.1. The summed E-state index contributed by atoms with van der Waals surface area (Å²) in [5, 5.41) is 10.6. The fourth-order valence-corrected chi connectivity index (χ4v) is 2.09. The molecule has 0 aromatic heterocycles. The van der Waals surface area contributed by atoms with Crippen molar-refractivity contribution in [3.05, 3.63) is 33.9 Å². The molecule has 1 aliphatic heterocycles. The molecule has 1 aromatic rings. The maximum atomic E-state index is 10.6. The number of nitro benzene ring substituents is 1. The smallest absolute Gasteiger partial charge is 0.271 e. The zero-order chi connectivity index (χ0) is 10.8. The maximum Gasteiger partial charge on any atom is 0.271 e. The second-order valence-electron chi connectivity index (χ2n) is 3.50. The quantitative estimate of drug-likeness (QED) is 0.451. The van der Waals surface area contributed by atoms with Crippen molar-refractivity contribution in [3.8, 4) is 0 Å². The zero-order valence-electron chi connectivity index (χ0n) is 8.15. The molecule has 0 atom stereocenters. The first-order valence-electron chi connectivity index (χ1n) is 4.80. The Morgan fingerprint density at radius 1 is 1.53 bits per heavy atom. The molecule has 0 aliphatic carbocycles. The van der Waals surface area contributed by atoms with E-state index >= 15 is 0 Å². The molecule has 5 heteroatoms. The van der Waals surface area contributed by atoms with E-state index in [0.717, 1.165) is 25.2 Å². The summed E-state index contributed by atoms with van der Waals surface area (Å²) in [6, 6.07) is 5.03. The highest BCUT2D eigenvalue weighted by Gasteiger charge is 2.21. The Hall–Kier alpha value is -1.29. The molecule has 0 spiro atoms. The highest BCUT2D eigenvalue weighted by atomic mass is 35.5. The van der Waals surface area contributed by atoms with Gasteiger partial charge in [-0.2, -0.15) is 0 Å². The monoisotopic (exact) mass is 226 g/mol. The van der Waals surface area contributed by atoms with E-state index in [0.29, 0.717) is 5.88 Å². The van der Waals surface area contributed by atoms with E-state index in [4.69, 9.17) is 11.6 Å². The van der Waals surface area contributed by atoms with E-state index in [9.17, 15) is 10.1 Å². The number of fused-ring (bicyclic) bond motifs is 1. The number of rotatable bonds is 3. The predicted molar refractivity (Wildman–Crippen MR) is 59.7 cm³/mol. The van der Waals surface area contributed by atoms with Gasteiger partial charge in [0, 0.05) is 36.8 Å². The summed E-state index contributed by atoms with van der Waals surface area (Å²) in [7, 11) is 0. The maximum absolute atomic E-state index is 10.6. The van der Waals surface area contributed by atoms with Crippen molar-refractivity contribution in [1.82, 2.24) is 0 Å². The van der Waals surface area contributed by atoms with Crippen molar-refractivity contribution in [2.75, 3.05) is 23.9 Å². The van der Waals surface area contributed by atoms with Gasteiger partial charge in [0.25, 0.3) is 5.69 Å². The minimum absolute atomic E-state index is 0.148. The summed E-state index contributed by atoms with van der Waals surface area (Å²) >= 11 is 5.67. The molecule has 0 fully saturated rings. The minimum atomic E-state index is -0.364. The predicted octanol–water partition coefficient (Wildman–Crippen LogP) is 2.20. The molecular formula is C10H11ClN2O2. The Morgan fingerprint density at radius 3 is 3.00 bits per heavy atom. The molecule has 80 valence electrons. The summed E-state index contributed by atoms with van der Waals surface area (Å²) in [6.45, 7) is 1.65. The third-order valence-corrected chi connectivity index (χ3v) is 2.79. The van der Waals surface area contributed by atoms with Crippen LogP contribution in [0.5, 0.6) is 0 Å². The van der Waals surface area contributed by atoms with Gasteiger partial charge in [-0.1, -0.05) is 6.07 Å². The van der Waals surface area contributed by atoms with Crippen LogP contribution in [0.1, 0.15) is 5.56 Å². The van der Waals surface area contributed by atoms with E-state index in [1.54, 1.807) is 12.1 Å². The second kappa shape index (κ2) is 4.06. The molecule has 1 aliphatic rings. The van der Waals surface area contributed by atoms with E-state index < -0.39 is 0 Å². The lowest BCUT2D eigenvalue weighted by molar-refractivity contribution is -0.384. The van der Waals surface area contributed by atoms with E-state index in [1.807, 2.05) is 6.07 Å². The number of nitrogens with zero attached hydrogens (tertiary/aromatic N) is 2. The first kappa shape index (κ1) is 10.2. The Kier molecular flexibility index (Phi) is 2.77. The van der Waals surface area contributed by atoms with Gasteiger partial charge in [0.1, 0.15) is 0 Å². The SMILES string of the molecule is O=[N+]([O-])c1ccc2c(c1)N(CCCl)CC2. The molecule has 0 N–H and O–H groups in total. The Balaban J connectivity index is 2.33. The third-order valence-electron chi connectivity index (χ3n) is 2.63. The van der Waals surface area contributed by atoms with Crippen LogP contribution in [0.2, 0.25) is 0 Å². The normalized spacial score (nSPS) is 14.1. The van der Waals surface area contributed by atoms with Gasteiger partial charge >= 0.3 is 0 Å². The summed E-state index contributed by atoms with van der Waals surface area (Å²) in [4.78, 5) is 12.4. The summed E-state index contributed by atoms with van der Waals surface area (Å²) in [6.07, 6.45) is 0.949. The summed E-state index contributed by atoms with van der Waals surface area (Å²) < 4.78 is 0. The minimum Gasteiger partial charge on any atom is -0.370 e. The molecule has 2 rings (SSSR count). The topological polar surface area (TPSA) is 46.4 Å². The summed E-state index contributed by atoms with van der Waals surface area (Å²) in [5.74, 6) is 0.544. The number of nitro groups is 1. The van der Waals surface area contributed by atoms with Crippen LogP contribution in [0.3, 0.4) is 0 Å². The number of hydrogen-bond acceptors (Lipinski definition) is 3. The Labute approximate surface area is 92.6 Å². The first-order chi connectivity index (χ1) is 7.22. The number of hydrogen-bond donors (Lipinski definition) is 0. The van der Waals surface area contributed by atoms with Crippen LogP contribution in [-0.2, 0) is 6.42 Å². The van der Waals surface area contributed by atoms with Gasteiger partial charge < -0.3 is 4.90 Å². The standard InChI is InChI=1S/C10H11ClN2O2/c11-4-6-12-5-3-8-1-2-9(13(14)15)7-10(8)12/h1-2,7H,3-6H2. The fourth-order valence-electron chi connectivity index (χ4n) is 1.88. The average Bonchev–Trinajstić information content (AvgIpc) is 2.61. The molecule has 0 unspecified atom stereocenters. The lowest BCUT2D eigenvalue weighted by Crippen LogP contribution is -2.22. The number of anilines is 1. The number of halogens is 1. The molecule has 0 bridgehead atoms. The fraction of sp³-hybridized carbons (Fsp3) is 0.400. The van der Waals surface area contributed by atoms with Gasteiger partial charge in [0.05, 0.1) is 4.92 Å². The van der Waals surface area contributed by atoms with Gasteiger partial charge in [0.15, 0.2) is 0 Å². The Bertz CT molecular complexity index is 393. The molecule has 0 saturated heterocycles. The molecule has 15 heavy (non-hydrogen) atoms. The summed E-state index contributed by atoms with van der Waals surface area (Å²) in [5.41, 5.74) is 2.28. The van der Waals surface area contributed by atoms with Crippen LogP contribution in [0.15, 0.2) is 18.2 Å². The van der Waals surface area contributed by atoms with Crippen molar-refractivity contribution in [1.29, 1.82) is 0 Å². The van der Waals surface area contributed by atoms with Crippen molar-refractivity contribution >= 4 is 23.0 Å². The van der Waals surface area contributed by atoms with Crippen LogP contribution in [0, 0.1) is 10.1 Å². The van der Waals surface area contributed by atoms with Crippen LogP contribution < -0.4 is 4.90 Å². The van der Waals surface area contributed by atoms with Crippen LogP contribution in [0.25, 0.3) is 0 Å². The van der Waals surface area contributed by atoms with E-state index in [1.165, 1.54) is 5.56 Å². The van der Waals surface area contributed by atoms with Gasteiger partial charge in [-0.05, 0) is 12.0 Å². The largest absolute Gasteiger partial charge is 0.370 e. The highest BCUT2D eigenvalue weighted by molar-refractivity contribution is 6.18. The molecule has 4 nitrogen and oxygen atoms in total. The van der Waals surface area contributed by atoms with Crippen molar-refractivity contribution in [3.63, 3.8) is 0 Å². The van der Waals surface area contributed by atoms with Crippen molar-refractivity contribution < 1.29 is 4.92 Å². The van der Waals surface area contributed by atoms with Crippen molar-refractivity contribution in [2.45, 2.75) is 6.42 Å². The van der Waals surface area contributed by atoms with Gasteiger partial charge in [-0.25, -0.2) is 0 Å². The van der Waals surface area contributed by atoms with Crippen LogP contribution in [-0.4, -0.2) is 23.9 Å². The number of alkyl halides is 1. The van der Waals surface area contributed by atoms with E-state index in [2.05, 4.69) is 4.90 Å². The molecule has 1 heterocycles. The molecule has 0 amide bonds. The van der Waals surface area contributed by atoms with Gasteiger partial charge in [-0.15, -0.1) is 11.6 Å².